The molecule has 6 atom stereocenters. The van der Waals surface area contributed by atoms with Crippen LogP contribution >= 0.6 is 0 Å². The SMILES string of the molecule is CCCC/C=C\CCCCCCCC(=O)OC(COC(=O)CCCCCCCCCCCCCCCCCCC)COC1OC(CO)C(O)C(O)C1O. The van der Waals surface area contributed by atoms with Crippen molar-refractivity contribution in [2.45, 2.75) is 230 Å². The third-order valence-electron chi connectivity index (χ3n) is 10.2. The van der Waals surface area contributed by atoms with E-state index in [0.29, 0.717) is 6.42 Å². The molecule has 10 nitrogen and oxygen atoms in total. The molecule has 0 bridgehead atoms. The Morgan fingerprint density at radius 2 is 1.02 bits per heavy atom. The van der Waals surface area contributed by atoms with Gasteiger partial charge in [-0.2, -0.15) is 0 Å². The van der Waals surface area contributed by atoms with Crippen LogP contribution in [0.1, 0.15) is 194 Å². The summed E-state index contributed by atoms with van der Waals surface area (Å²) in [5.74, 6) is -0.810. The summed E-state index contributed by atoms with van der Waals surface area (Å²) in [6.45, 7) is 3.38. The Morgan fingerprint density at radius 1 is 0.566 bits per heavy atom. The summed E-state index contributed by atoms with van der Waals surface area (Å²) in [5, 5.41) is 40.0. The first-order chi connectivity index (χ1) is 25.8. The van der Waals surface area contributed by atoms with Crippen molar-refractivity contribution in [3.05, 3.63) is 12.2 Å². The lowest BCUT2D eigenvalue weighted by Crippen LogP contribution is -2.59. The molecule has 0 amide bonds. The van der Waals surface area contributed by atoms with Crippen LogP contribution in [0.25, 0.3) is 0 Å². The summed E-state index contributed by atoms with van der Waals surface area (Å²) in [4.78, 5) is 25.2. The maximum atomic E-state index is 12.7. The van der Waals surface area contributed by atoms with E-state index in [1.807, 2.05) is 0 Å². The van der Waals surface area contributed by atoms with Crippen molar-refractivity contribution < 1.29 is 49.0 Å². The highest BCUT2D eigenvalue weighted by Gasteiger charge is 2.44. The molecule has 4 N–H and O–H groups in total. The van der Waals surface area contributed by atoms with Gasteiger partial charge in [0.25, 0.3) is 0 Å². The Morgan fingerprint density at radius 3 is 1.53 bits per heavy atom. The van der Waals surface area contributed by atoms with E-state index >= 15 is 0 Å². The van der Waals surface area contributed by atoms with Gasteiger partial charge in [0.2, 0.25) is 0 Å². The second-order valence-corrected chi connectivity index (χ2v) is 15.2. The lowest BCUT2D eigenvalue weighted by atomic mass is 9.99. The predicted octanol–water partition coefficient (Wildman–Crippen LogP) is 8.78. The zero-order chi connectivity index (χ0) is 38.8. The van der Waals surface area contributed by atoms with Crippen molar-refractivity contribution in [3.63, 3.8) is 0 Å². The summed E-state index contributed by atoms with van der Waals surface area (Å²) >= 11 is 0. The Labute approximate surface area is 322 Å². The normalized spacial score (nSPS) is 20.9. The van der Waals surface area contributed by atoms with Gasteiger partial charge in [0.1, 0.15) is 31.0 Å². The van der Waals surface area contributed by atoms with E-state index in [0.717, 1.165) is 57.8 Å². The summed E-state index contributed by atoms with van der Waals surface area (Å²) in [5.41, 5.74) is 0. The van der Waals surface area contributed by atoms with Crippen molar-refractivity contribution in [1.82, 2.24) is 0 Å². The number of unbranched alkanes of at least 4 members (excludes halogenated alkanes) is 23. The van der Waals surface area contributed by atoms with Crippen molar-refractivity contribution in [1.29, 1.82) is 0 Å². The Balaban J connectivity index is 2.31. The van der Waals surface area contributed by atoms with Gasteiger partial charge in [0, 0.05) is 12.8 Å². The van der Waals surface area contributed by atoms with Gasteiger partial charge in [-0.05, 0) is 32.1 Å². The number of hydrogen-bond donors (Lipinski definition) is 4. The summed E-state index contributed by atoms with van der Waals surface area (Å²) in [6.07, 6.45) is 27.9. The van der Waals surface area contributed by atoms with Gasteiger partial charge in [-0.3, -0.25) is 9.59 Å². The van der Waals surface area contributed by atoms with E-state index in [2.05, 4.69) is 26.0 Å². The van der Waals surface area contributed by atoms with Crippen molar-refractivity contribution >= 4 is 11.9 Å². The van der Waals surface area contributed by atoms with Gasteiger partial charge in [-0.15, -0.1) is 0 Å². The lowest BCUT2D eigenvalue weighted by molar-refractivity contribution is -0.305. The predicted molar refractivity (Wildman–Crippen MR) is 210 cm³/mol. The molecule has 0 aromatic rings. The van der Waals surface area contributed by atoms with Gasteiger partial charge >= 0.3 is 11.9 Å². The molecule has 0 aromatic carbocycles. The molecular formula is C43H80O10. The Kier molecular flexibility index (Phi) is 32.6. The topological polar surface area (TPSA) is 152 Å². The molecule has 0 aliphatic carbocycles. The van der Waals surface area contributed by atoms with Crippen LogP contribution < -0.4 is 0 Å². The molecule has 1 heterocycles. The first kappa shape index (κ1) is 49.5. The van der Waals surface area contributed by atoms with Gasteiger partial charge in [0.05, 0.1) is 13.2 Å². The number of allylic oxidation sites excluding steroid dienone is 2. The van der Waals surface area contributed by atoms with Crippen LogP contribution in [0.4, 0.5) is 0 Å². The molecule has 1 fully saturated rings. The fourth-order valence-electron chi connectivity index (χ4n) is 6.64. The second-order valence-electron chi connectivity index (χ2n) is 15.2. The quantitative estimate of drug-likeness (QED) is 0.0277. The zero-order valence-corrected chi connectivity index (χ0v) is 33.8. The Hall–Kier alpha value is -1.56. The molecule has 1 saturated heterocycles. The summed E-state index contributed by atoms with van der Waals surface area (Å²) < 4.78 is 22.1. The number of ether oxygens (including phenoxy) is 4. The van der Waals surface area contributed by atoms with E-state index in [-0.39, 0.29) is 32.0 Å². The van der Waals surface area contributed by atoms with E-state index in [1.165, 1.54) is 103 Å². The highest BCUT2D eigenvalue weighted by Crippen LogP contribution is 2.23. The number of carbonyl (C=O) groups is 2. The van der Waals surface area contributed by atoms with Crippen molar-refractivity contribution in [3.8, 4) is 0 Å². The smallest absolute Gasteiger partial charge is 0.306 e. The maximum Gasteiger partial charge on any atom is 0.306 e. The minimum Gasteiger partial charge on any atom is -0.462 e. The molecule has 312 valence electrons. The molecule has 0 saturated carbocycles. The molecule has 0 spiro atoms. The molecule has 1 aliphatic heterocycles. The zero-order valence-electron chi connectivity index (χ0n) is 33.8. The van der Waals surface area contributed by atoms with Crippen LogP contribution in [-0.2, 0) is 28.5 Å². The number of esters is 2. The summed E-state index contributed by atoms with van der Waals surface area (Å²) in [6, 6.07) is 0. The molecule has 0 radical (unpaired) electrons. The molecule has 6 unspecified atom stereocenters. The highest BCUT2D eigenvalue weighted by molar-refractivity contribution is 5.70. The van der Waals surface area contributed by atoms with Crippen LogP contribution in [0.3, 0.4) is 0 Å². The van der Waals surface area contributed by atoms with Crippen molar-refractivity contribution in [2.75, 3.05) is 19.8 Å². The third kappa shape index (κ3) is 26.8. The fourth-order valence-corrected chi connectivity index (χ4v) is 6.64. The van der Waals surface area contributed by atoms with E-state index in [9.17, 15) is 30.0 Å². The molecule has 0 aromatic heterocycles. The molecular weight excluding hydrogens is 676 g/mol. The lowest BCUT2D eigenvalue weighted by Gasteiger charge is -2.39. The van der Waals surface area contributed by atoms with Gasteiger partial charge in [-0.25, -0.2) is 0 Å². The minimum atomic E-state index is -1.59. The third-order valence-corrected chi connectivity index (χ3v) is 10.2. The first-order valence-corrected chi connectivity index (χ1v) is 21.8. The average molecular weight is 757 g/mol. The Bertz CT molecular complexity index is 881. The summed E-state index contributed by atoms with van der Waals surface area (Å²) in [7, 11) is 0. The van der Waals surface area contributed by atoms with Crippen LogP contribution in [0.2, 0.25) is 0 Å². The van der Waals surface area contributed by atoms with E-state index < -0.39 is 49.4 Å². The number of aliphatic hydroxyl groups is 4. The molecule has 1 aliphatic rings. The van der Waals surface area contributed by atoms with E-state index in [1.54, 1.807) is 0 Å². The maximum absolute atomic E-state index is 12.7. The molecule has 53 heavy (non-hydrogen) atoms. The van der Waals surface area contributed by atoms with E-state index in [4.69, 9.17) is 18.9 Å². The van der Waals surface area contributed by atoms with Gasteiger partial charge in [0.15, 0.2) is 12.4 Å². The minimum absolute atomic E-state index is 0.216. The number of hydrogen-bond acceptors (Lipinski definition) is 10. The van der Waals surface area contributed by atoms with Gasteiger partial charge in [-0.1, -0.05) is 161 Å². The number of aliphatic hydroxyl groups excluding tert-OH is 4. The highest BCUT2D eigenvalue weighted by atomic mass is 16.7. The van der Waals surface area contributed by atoms with Crippen molar-refractivity contribution in [2.24, 2.45) is 0 Å². The molecule has 1 rings (SSSR count). The number of carbonyl (C=O) groups excluding carboxylic acids is 2. The van der Waals surface area contributed by atoms with Gasteiger partial charge < -0.3 is 39.4 Å². The van der Waals surface area contributed by atoms with Crippen LogP contribution in [0, 0.1) is 0 Å². The fraction of sp³-hybridized carbons (Fsp3) is 0.907. The second kappa shape index (κ2) is 34.9. The van der Waals surface area contributed by atoms with Crippen LogP contribution in [0.5, 0.6) is 0 Å². The average Bonchev–Trinajstić information content (AvgIpc) is 3.15. The standard InChI is InChI=1S/C43H80O10/c1-3-5-7-9-11-13-15-16-17-18-19-20-22-23-25-27-29-31-38(45)50-34-36(35-51-43-42(49)41(48)40(47)37(33-44)53-43)52-39(46)32-30-28-26-24-21-14-12-10-8-6-4-2/h10,12,36-37,40-44,47-49H,3-9,11,13-35H2,1-2H3/b12-10-. The van der Waals surface area contributed by atoms with Crippen LogP contribution in [-0.4, -0.2) is 89.0 Å². The monoisotopic (exact) mass is 757 g/mol. The molecule has 10 heteroatoms. The largest absolute Gasteiger partial charge is 0.462 e. The number of rotatable bonds is 36. The van der Waals surface area contributed by atoms with Crippen LogP contribution in [0.15, 0.2) is 12.2 Å². The first-order valence-electron chi connectivity index (χ1n) is 21.8.